The molecule has 1 aliphatic rings. The molecular weight excluding hydrogens is 448 g/mol. The normalized spacial score (nSPS) is 19.5. The molecule has 2 aromatic carbocycles. The molecule has 3 aromatic rings. The number of benzene rings is 2. The molecule has 3 atom stereocenters. The highest BCUT2D eigenvalue weighted by atomic mass is 19.2. The van der Waals surface area contributed by atoms with E-state index in [0.717, 1.165) is 47.9 Å². The topological polar surface area (TPSA) is 65.2 Å². The minimum atomic E-state index is -0.955. The van der Waals surface area contributed by atoms with E-state index in [-0.39, 0.29) is 24.5 Å². The number of hydrogen-bond acceptors (Lipinski definition) is 3. The van der Waals surface area contributed by atoms with Crippen LogP contribution in [0.3, 0.4) is 0 Å². The van der Waals surface area contributed by atoms with E-state index < -0.39 is 17.6 Å². The molecule has 1 fully saturated rings. The molecule has 4 rings (SSSR count). The van der Waals surface area contributed by atoms with Gasteiger partial charge in [-0.05, 0) is 80.0 Å². The molecule has 186 valence electrons. The van der Waals surface area contributed by atoms with Crippen molar-refractivity contribution in [1.82, 2.24) is 15.2 Å². The molecule has 1 saturated heterocycles. The van der Waals surface area contributed by atoms with Gasteiger partial charge >= 0.3 is 0 Å². The Hall–Kier alpha value is -3.06. The maximum Gasteiger partial charge on any atom is 0.224 e. The third kappa shape index (κ3) is 6.34. The van der Waals surface area contributed by atoms with Crippen LogP contribution in [-0.4, -0.2) is 40.2 Å². The van der Waals surface area contributed by atoms with E-state index in [1.165, 1.54) is 6.07 Å². The minimum Gasteiger partial charge on any atom is -0.361 e. The van der Waals surface area contributed by atoms with Crippen molar-refractivity contribution in [2.75, 3.05) is 6.54 Å². The molecule has 0 bridgehead atoms. The van der Waals surface area contributed by atoms with Gasteiger partial charge in [-0.15, -0.1) is 0 Å². The number of rotatable bonds is 9. The van der Waals surface area contributed by atoms with Crippen LogP contribution in [0.2, 0.25) is 0 Å². The SMILES string of the molecule is C[C@@H]1CCC[C@H](C)N1CC(=O)C[C@@H](Cc1ccc(F)c(F)c1)C(=O)NCc1ccc2[nH]ccc2c1. The summed E-state index contributed by atoms with van der Waals surface area (Å²) in [6.07, 6.45) is 5.35. The summed E-state index contributed by atoms with van der Waals surface area (Å²) in [6, 6.07) is 12.1. The maximum atomic E-state index is 13.8. The molecule has 35 heavy (non-hydrogen) atoms. The number of likely N-dealkylation sites (tertiary alicyclic amines) is 1. The summed E-state index contributed by atoms with van der Waals surface area (Å²) in [5.41, 5.74) is 2.45. The first kappa shape index (κ1) is 25.0. The molecule has 7 heteroatoms. The first-order valence-electron chi connectivity index (χ1n) is 12.3. The second-order valence-corrected chi connectivity index (χ2v) is 9.81. The van der Waals surface area contributed by atoms with Crippen molar-refractivity contribution < 1.29 is 18.4 Å². The van der Waals surface area contributed by atoms with Crippen LogP contribution in [0.1, 0.15) is 50.7 Å². The number of nitrogens with zero attached hydrogens (tertiary/aromatic N) is 1. The average molecular weight is 482 g/mol. The van der Waals surface area contributed by atoms with Crippen molar-refractivity contribution in [1.29, 1.82) is 0 Å². The number of Topliss-reactive ketones (excluding diaryl/α,β-unsaturated/α-hetero) is 1. The molecule has 0 radical (unpaired) electrons. The Bertz CT molecular complexity index is 1180. The number of nitrogens with one attached hydrogen (secondary N) is 2. The fourth-order valence-corrected chi connectivity index (χ4v) is 5.08. The second-order valence-electron chi connectivity index (χ2n) is 9.81. The first-order valence-corrected chi connectivity index (χ1v) is 12.3. The van der Waals surface area contributed by atoms with E-state index in [1.807, 2.05) is 30.5 Å². The predicted octanol–water partition coefficient (Wildman–Crippen LogP) is 5.14. The van der Waals surface area contributed by atoms with Crippen molar-refractivity contribution in [3.8, 4) is 0 Å². The summed E-state index contributed by atoms with van der Waals surface area (Å²) >= 11 is 0. The van der Waals surface area contributed by atoms with Crippen LogP contribution >= 0.6 is 0 Å². The van der Waals surface area contributed by atoms with Gasteiger partial charge in [-0.3, -0.25) is 14.5 Å². The predicted molar refractivity (Wildman–Crippen MR) is 133 cm³/mol. The lowest BCUT2D eigenvalue weighted by molar-refractivity contribution is -0.130. The highest BCUT2D eigenvalue weighted by molar-refractivity contribution is 5.88. The van der Waals surface area contributed by atoms with Gasteiger partial charge < -0.3 is 10.3 Å². The van der Waals surface area contributed by atoms with Crippen LogP contribution in [0, 0.1) is 17.6 Å². The molecule has 1 aromatic heterocycles. The molecule has 1 aliphatic heterocycles. The van der Waals surface area contributed by atoms with Crippen LogP contribution in [0.25, 0.3) is 10.9 Å². The van der Waals surface area contributed by atoms with Crippen molar-refractivity contribution in [2.45, 2.75) is 64.6 Å². The summed E-state index contributed by atoms with van der Waals surface area (Å²) in [7, 11) is 0. The largest absolute Gasteiger partial charge is 0.361 e. The maximum absolute atomic E-state index is 13.8. The number of aromatic amines is 1. The van der Waals surface area contributed by atoms with Gasteiger partial charge in [-0.1, -0.05) is 18.6 Å². The molecule has 0 unspecified atom stereocenters. The molecular formula is C28H33F2N3O2. The zero-order valence-electron chi connectivity index (χ0n) is 20.3. The summed E-state index contributed by atoms with van der Waals surface area (Å²) in [6.45, 7) is 4.89. The fraction of sp³-hybridized carbons (Fsp3) is 0.429. The van der Waals surface area contributed by atoms with Crippen LogP contribution in [0.5, 0.6) is 0 Å². The molecule has 0 spiro atoms. The highest BCUT2D eigenvalue weighted by Crippen LogP contribution is 2.23. The molecule has 0 saturated carbocycles. The number of hydrogen-bond donors (Lipinski definition) is 2. The van der Waals surface area contributed by atoms with Gasteiger partial charge in [-0.2, -0.15) is 0 Å². The molecule has 0 aliphatic carbocycles. The van der Waals surface area contributed by atoms with E-state index in [0.29, 0.717) is 30.7 Å². The first-order chi connectivity index (χ1) is 16.8. The molecule has 2 heterocycles. The van der Waals surface area contributed by atoms with E-state index >= 15 is 0 Å². The Kier molecular flexibility index (Phi) is 7.96. The van der Waals surface area contributed by atoms with E-state index in [1.54, 1.807) is 0 Å². The number of ketones is 1. The Labute approximate surface area is 204 Å². The number of amides is 1. The summed E-state index contributed by atoms with van der Waals surface area (Å²) in [5.74, 6) is -2.83. The summed E-state index contributed by atoms with van der Waals surface area (Å²) in [5, 5.41) is 4.00. The van der Waals surface area contributed by atoms with E-state index in [9.17, 15) is 18.4 Å². The van der Waals surface area contributed by atoms with Gasteiger partial charge in [-0.25, -0.2) is 8.78 Å². The lowest BCUT2D eigenvalue weighted by Crippen LogP contribution is -2.46. The third-order valence-electron chi connectivity index (χ3n) is 7.13. The summed E-state index contributed by atoms with van der Waals surface area (Å²) in [4.78, 5) is 31.6. The second kappa shape index (κ2) is 11.1. The standard InChI is InChI=1S/C28H33F2N3O2/c1-18-4-3-5-19(2)33(18)17-24(34)15-23(12-20-6-8-25(29)26(30)14-20)28(35)32-16-21-7-9-27-22(13-21)10-11-31-27/h6-11,13-14,18-19,23,31H,3-5,12,15-17H2,1-2H3,(H,32,35)/t18-,19+,23-/m1/s1. The van der Waals surface area contributed by atoms with Gasteiger partial charge in [0.2, 0.25) is 5.91 Å². The molecule has 5 nitrogen and oxygen atoms in total. The highest BCUT2D eigenvalue weighted by Gasteiger charge is 2.29. The fourth-order valence-electron chi connectivity index (χ4n) is 5.08. The van der Waals surface area contributed by atoms with E-state index in [2.05, 4.69) is 29.0 Å². The van der Waals surface area contributed by atoms with E-state index in [4.69, 9.17) is 0 Å². The van der Waals surface area contributed by atoms with Crippen molar-refractivity contribution in [3.63, 3.8) is 0 Å². The van der Waals surface area contributed by atoms with Crippen LogP contribution in [0.4, 0.5) is 8.78 Å². The van der Waals surface area contributed by atoms with Crippen molar-refractivity contribution in [2.24, 2.45) is 5.92 Å². The molecule has 2 N–H and O–H groups in total. The molecule has 1 amide bonds. The lowest BCUT2D eigenvalue weighted by Gasteiger charge is -2.38. The van der Waals surface area contributed by atoms with Gasteiger partial charge in [0.15, 0.2) is 11.6 Å². The quantitative estimate of drug-likeness (QED) is 0.445. The number of H-pyrrole nitrogens is 1. The number of carbonyl (C=O) groups excluding carboxylic acids is 2. The number of aromatic nitrogens is 1. The van der Waals surface area contributed by atoms with Gasteiger partial charge in [0.1, 0.15) is 5.78 Å². The van der Waals surface area contributed by atoms with Gasteiger partial charge in [0, 0.05) is 42.7 Å². The van der Waals surface area contributed by atoms with Crippen LogP contribution in [0.15, 0.2) is 48.7 Å². The number of piperidine rings is 1. The Morgan fingerprint density at radius 1 is 1.03 bits per heavy atom. The Morgan fingerprint density at radius 2 is 1.77 bits per heavy atom. The number of carbonyl (C=O) groups is 2. The minimum absolute atomic E-state index is 0.0120. The average Bonchev–Trinajstić information content (AvgIpc) is 3.30. The smallest absolute Gasteiger partial charge is 0.224 e. The van der Waals surface area contributed by atoms with Crippen molar-refractivity contribution >= 4 is 22.6 Å². The number of halogens is 2. The lowest BCUT2D eigenvalue weighted by atomic mass is 9.91. The van der Waals surface area contributed by atoms with Crippen LogP contribution < -0.4 is 5.32 Å². The Morgan fingerprint density at radius 3 is 2.51 bits per heavy atom. The van der Waals surface area contributed by atoms with Gasteiger partial charge in [0.25, 0.3) is 0 Å². The third-order valence-corrected chi connectivity index (χ3v) is 7.13. The Balaban J connectivity index is 1.45. The summed E-state index contributed by atoms with van der Waals surface area (Å²) < 4.78 is 27.2. The zero-order chi connectivity index (χ0) is 24.9. The van der Waals surface area contributed by atoms with Crippen LogP contribution in [-0.2, 0) is 22.6 Å². The zero-order valence-corrected chi connectivity index (χ0v) is 20.3. The van der Waals surface area contributed by atoms with Gasteiger partial charge in [0.05, 0.1) is 6.54 Å². The monoisotopic (exact) mass is 481 g/mol. The number of fused-ring (bicyclic) bond motifs is 1. The van der Waals surface area contributed by atoms with Crippen molar-refractivity contribution in [3.05, 3.63) is 71.4 Å².